The molecule has 1 unspecified atom stereocenters. The molecule has 0 aromatic carbocycles. The summed E-state index contributed by atoms with van der Waals surface area (Å²) in [7, 11) is 0. The first-order valence-corrected chi connectivity index (χ1v) is 9.55. The second kappa shape index (κ2) is 10.4. The van der Waals surface area contributed by atoms with Crippen LogP contribution < -0.4 is 0 Å². The van der Waals surface area contributed by atoms with Gasteiger partial charge in [0.1, 0.15) is 12.7 Å². The lowest BCUT2D eigenvalue weighted by Crippen LogP contribution is -2.20. The van der Waals surface area contributed by atoms with Gasteiger partial charge in [-0.3, -0.25) is 4.79 Å². The van der Waals surface area contributed by atoms with Crippen LogP contribution in [-0.2, 0) is 9.53 Å². The summed E-state index contributed by atoms with van der Waals surface area (Å²) in [5.41, 5.74) is 4.97. The van der Waals surface area contributed by atoms with E-state index in [2.05, 4.69) is 38.7 Å². The minimum Gasteiger partial charge on any atom is -0.461 e. The van der Waals surface area contributed by atoms with Crippen LogP contribution in [0.2, 0.25) is 0 Å². The fraction of sp³-hybridized carbons (Fsp3) is 0.609. The van der Waals surface area contributed by atoms with Gasteiger partial charge in [0, 0.05) is 6.42 Å². The Balaban J connectivity index is 2.67. The minimum atomic E-state index is -0.842. The molecule has 3 nitrogen and oxygen atoms in total. The topological polar surface area (TPSA) is 46.5 Å². The van der Waals surface area contributed by atoms with Gasteiger partial charge in [-0.15, -0.1) is 0 Å². The minimum absolute atomic E-state index is 0.175. The molecule has 0 aromatic heterocycles. The number of aliphatic hydroxyl groups excluding tert-OH is 1. The number of hydrogen-bond acceptors (Lipinski definition) is 3. The molecule has 0 saturated carbocycles. The highest BCUT2D eigenvalue weighted by atomic mass is 16.5. The van der Waals surface area contributed by atoms with Crippen molar-refractivity contribution in [2.45, 2.75) is 79.8 Å². The number of hydrogen-bond donors (Lipinski definition) is 1. The highest BCUT2D eigenvalue weighted by Crippen LogP contribution is 2.41. The number of allylic oxidation sites excluding steroid dienone is 4. The molecular weight excluding hydrogens is 324 g/mol. The number of esters is 1. The van der Waals surface area contributed by atoms with E-state index in [0.717, 1.165) is 12.0 Å². The van der Waals surface area contributed by atoms with E-state index in [1.165, 1.54) is 30.4 Å². The normalized spacial score (nSPS) is 18.9. The zero-order chi connectivity index (χ0) is 19.7. The molecule has 1 rings (SSSR count). The molecule has 0 spiro atoms. The van der Waals surface area contributed by atoms with E-state index in [1.54, 1.807) is 19.9 Å². The van der Waals surface area contributed by atoms with Gasteiger partial charge in [0.15, 0.2) is 0 Å². The number of carbonyl (C=O) groups is 1. The van der Waals surface area contributed by atoms with E-state index < -0.39 is 6.10 Å². The van der Waals surface area contributed by atoms with E-state index in [-0.39, 0.29) is 18.0 Å². The van der Waals surface area contributed by atoms with Crippen molar-refractivity contribution in [2.75, 3.05) is 6.61 Å². The van der Waals surface area contributed by atoms with Crippen molar-refractivity contribution >= 4 is 5.97 Å². The number of rotatable bonds is 6. The monoisotopic (exact) mass is 358 g/mol. The summed E-state index contributed by atoms with van der Waals surface area (Å²) in [5.74, 6) is 5.67. The number of carbonyl (C=O) groups excluding carboxylic acids is 1. The molecule has 1 aliphatic rings. The molecule has 1 aliphatic carbocycles. The molecule has 0 bridgehead atoms. The Hall–Kier alpha value is -1.79. The van der Waals surface area contributed by atoms with E-state index >= 15 is 0 Å². The van der Waals surface area contributed by atoms with Crippen LogP contribution in [0.3, 0.4) is 0 Å². The van der Waals surface area contributed by atoms with Gasteiger partial charge in [0.05, 0.1) is 0 Å². The van der Waals surface area contributed by atoms with Crippen molar-refractivity contribution in [1.29, 1.82) is 0 Å². The van der Waals surface area contributed by atoms with Gasteiger partial charge in [-0.1, -0.05) is 49.8 Å². The summed E-state index contributed by atoms with van der Waals surface area (Å²) in [6.07, 6.45) is 8.01. The van der Waals surface area contributed by atoms with Gasteiger partial charge >= 0.3 is 5.97 Å². The largest absolute Gasteiger partial charge is 0.461 e. The van der Waals surface area contributed by atoms with E-state index in [1.807, 2.05) is 6.92 Å². The lowest BCUT2D eigenvalue weighted by Gasteiger charge is -2.34. The van der Waals surface area contributed by atoms with E-state index in [0.29, 0.717) is 12.0 Å². The predicted molar refractivity (Wildman–Crippen MR) is 107 cm³/mol. The maximum absolute atomic E-state index is 11.1. The van der Waals surface area contributed by atoms with Gasteiger partial charge < -0.3 is 9.84 Å². The van der Waals surface area contributed by atoms with Crippen molar-refractivity contribution in [3.05, 3.63) is 34.4 Å². The predicted octanol–water partition coefficient (Wildman–Crippen LogP) is 5.11. The van der Waals surface area contributed by atoms with Crippen LogP contribution in [0.15, 0.2) is 34.4 Å². The third-order valence-corrected chi connectivity index (χ3v) is 5.07. The Labute approximate surface area is 159 Å². The second-order valence-electron chi connectivity index (χ2n) is 7.74. The van der Waals surface area contributed by atoms with Gasteiger partial charge in [0.2, 0.25) is 0 Å². The molecule has 0 fully saturated rings. The molecule has 1 N–H and O–H groups in total. The fourth-order valence-electron chi connectivity index (χ4n) is 3.21. The summed E-state index contributed by atoms with van der Waals surface area (Å²) in [4.78, 5) is 11.1. The highest BCUT2D eigenvalue weighted by molar-refractivity contribution is 5.68. The molecule has 0 heterocycles. The highest BCUT2D eigenvalue weighted by Gasteiger charge is 2.27. The Morgan fingerprint density at radius 1 is 1.35 bits per heavy atom. The Morgan fingerprint density at radius 2 is 2.04 bits per heavy atom. The molecule has 26 heavy (non-hydrogen) atoms. The van der Waals surface area contributed by atoms with Crippen LogP contribution in [0.5, 0.6) is 0 Å². The molecular formula is C23H34O3. The van der Waals surface area contributed by atoms with Crippen LogP contribution in [0.1, 0.15) is 73.6 Å². The number of ether oxygens (including phenoxy) is 1. The van der Waals surface area contributed by atoms with Crippen molar-refractivity contribution in [3.8, 4) is 11.8 Å². The first-order chi connectivity index (χ1) is 12.2. The maximum Gasteiger partial charge on any atom is 0.305 e. The van der Waals surface area contributed by atoms with E-state index in [9.17, 15) is 9.90 Å². The van der Waals surface area contributed by atoms with Crippen molar-refractivity contribution in [1.82, 2.24) is 0 Å². The van der Waals surface area contributed by atoms with E-state index in [4.69, 9.17) is 4.74 Å². The summed E-state index contributed by atoms with van der Waals surface area (Å²) in [6, 6.07) is 0. The van der Waals surface area contributed by atoms with Crippen molar-refractivity contribution in [2.24, 2.45) is 5.41 Å². The average Bonchev–Trinajstić information content (AvgIpc) is 2.58. The average molecular weight is 359 g/mol. The summed E-state index contributed by atoms with van der Waals surface area (Å²) < 4.78 is 4.98. The van der Waals surface area contributed by atoms with Crippen LogP contribution in [-0.4, -0.2) is 23.8 Å². The standard InChI is InChI=1S/C23H34O3/c1-7-22(25)26-16-14-19(4)21(24)13-11-17(2)10-12-20-18(3)9-8-15-23(20,5)6/h10,14,21,24H,7-9,12,15-16H2,1-6H3/b17-10-,19-14-. The fourth-order valence-corrected chi connectivity index (χ4v) is 3.21. The molecule has 144 valence electrons. The Kier molecular flexibility index (Phi) is 8.88. The van der Waals surface area contributed by atoms with Crippen LogP contribution in [0.25, 0.3) is 0 Å². The van der Waals surface area contributed by atoms with Crippen LogP contribution in [0.4, 0.5) is 0 Å². The van der Waals surface area contributed by atoms with Gasteiger partial charge in [-0.05, 0) is 69.1 Å². The van der Waals surface area contributed by atoms with Crippen molar-refractivity contribution in [3.63, 3.8) is 0 Å². The van der Waals surface area contributed by atoms with Crippen LogP contribution >= 0.6 is 0 Å². The van der Waals surface area contributed by atoms with Crippen molar-refractivity contribution < 1.29 is 14.6 Å². The van der Waals surface area contributed by atoms with Crippen LogP contribution in [0, 0.1) is 17.3 Å². The SMILES string of the molecule is CCC(=O)OC/C=C(/C)C(O)C#C/C(C)=C\CC1=C(C)CCCC1(C)C. The lowest BCUT2D eigenvalue weighted by molar-refractivity contribution is -0.142. The Morgan fingerprint density at radius 3 is 2.65 bits per heavy atom. The molecule has 0 aliphatic heterocycles. The molecule has 0 aromatic rings. The molecule has 1 atom stereocenters. The zero-order valence-corrected chi connectivity index (χ0v) is 17.2. The Bertz CT molecular complexity index is 651. The molecule has 0 amide bonds. The summed E-state index contributed by atoms with van der Waals surface area (Å²) in [5, 5.41) is 10.1. The lowest BCUT2D eigenvalue weighted by atomic mass is 9.71. The number of aliphatic hydroxyl groups is 1. The second-order valence-corrected chi connectivity index (χ2v) is 7.74. The molecule has 0 radical (unpaired) electrons. The molecule has 3 heteroatoms. The third kappa shape index (κ3) is 7.22. The zero-order valence-electron chi connectivity index (χ0n) is 17.2. The maximum atomic E-state index is 11.1. The summed E-state index contributed by atoms with van der Waals surface area (Å²) >= 11 is 0. The summed E-state index contributed by atoms with van der Waals surface area (Å²) in [6.45, 7) is 12.6. The van der Waals surface area contributed by atoms with Gasteiger partial charge in [0.25, 0.3) is 0 Å². The first kappa shape index (κ1) is 22.3. The third-order valence-electron chi connectivity index (χ3n) is 5.07. The first-order valence-electron chi connectivity index (χ1n) is 9.55. The quantitative estimate of drug-likeness (QED) is 0.407. The van der Waals surface area contributed by atoms with Gasteiger partial charge in [-0.2, -0.15) is 0 Å². The molecule has 0 saturated heterocycles. The van der Waals surface area contributed by atoms with Gasteiger partial charge in [-0.25, -0.2) is 0 Å². The smallest absolute Gasteiger partial charge is 0.305 e.